The molecule has 0 aliphatic heterocycles. The second-order valence-corrected chi connectivity index (χ2v) is 5.97. The quantitative estimate of drug-likeness (QED) is 0.639. The summed E-state index contributed by atoms with van der Waals surface area (Å²) in [5, 5.41) is 24.5. The molecule has 0 saturated heterocycles. The van der Waals surface area contributed by atoms with Crippen LogP contribution in [-0.2, 0) is 0 Å². The third-order valence-electron chi connectivity index (χ3n) is 3.64. The number of nitro groups is 1. The van der Waals surface area contributed by atoms with Gasteiger partial charge in [-0.3, -0.25) is 14.9 Å². The van der Waals surface area contributed by atoms with Gasteiger partial charge in [0, 0.05) is 11.1 Å². The Labute approximate surface area is 144 Å². The normalized spacial score (nSPS) is 13.2. The molecule has 0 aliphatic carbocycles. The molecule has 6 nitrogen and oxygen atoms in total. The lowest BCUT2D eigenvalue weighted by Gasteiger charge is -2.20. The molecule has 0 bridgehead atoms. The van der Waals surface area contributed by atoms with E-state index in [2.05, 4.69) is 5.32 Å². The first-order valence-electron chi connectivity index (χ1n) is 7.29. The summed E-state index contributed by atoms with van der Waals surface area (Å²) < 4.78 is 0. The Balaban J connectivity index is 2.18. The fourth-order valence-electron chi connectivity index (χ4n) is 2.30. The van der Waals surface area contributed by atoms with Crippen LogP contribution in [0.15, 0.2) is 42.5 Å². The molecule has 0 heterocycles. The number of halogens is 1. The van der Waals surface area contributed by atoms with Crippen molar-refractivity contribution < 1.29 is 14.8 Å². The topological polar surface area (TPSA) is 92.5 Å². The van der Waals surface area contributed by atoms with Crippen LogP contribution in [-0.4, -0.2) is 22.0 Å². The third kappa shape index (κ3) is 4.10. The minimum absolute atomic E-state index is 0.0323. The van der Waals surface area contributed by atoms with Gasteiger partial charge in [0.15, 0.2) is 0 Å². The highest BCUT2D eigenvalue weighted by atomic mass is 35.5. The maximum Gasteiger partial charge on any atom is 0.282 e. The minimum atomic E-state index is -0.963. The van der Waals surface area contributed by atoms with Crippen LogP contribution in [0.4, 0.5) is 5.69 Å². The van der Waals surface area contributed by atoms with E-state index in [1.165, 1.54) is 12.1 Å². The van der Waals surface area contributed by atoms with E-state index in [1.54, 1.807) is 44.2 Å². The van der Waals surface area contributed by atoms with Crippen LogP contribution in [0.2, 0.25) is 5.02 Å². The number of nitro benzene ring substituents is 1. The van der Waals surface area contributed by atoms with Crippen molar-refractivity contribution in [1.82, 2.24) is 5.32 Å². The van der Waals surface area contributed by atoms with E-state index < -0.39 is 23.0 Å². The lowest BCUT2D eigenvalue weighted by Crippen LogP contribution is -2.37. The SMILES string of the molecule is Cc1ccc([N+](=O)[O-])c(C(=O)NC(C)C(O)c2ccc(Cl)cc2)c1. The molecule has 2 rings (SSSR count). The fraction of sp³-hybridized carbons (Fsp3) is 0.235. The smallest absolute Gasteiger partial charge is 0.282 e. The molecule has 2 N–H and O–H groups in total. The molecule has 1 amide bonds. The molecular weight excluding hydrogens is 332 g/mol. The monoisotopic (exact) mass is 348 g/mol. The summed E-state index contributed by atoms with van der Waals surface area (Å²) in [6, 6.07) is 10.3. The molecule has 126 valence electrons. The Kier molecular flexibility index (Phi) is 5.54. The van der Waals surface area contributed by atoms with Gasteiger partial charge in [0.05, 0.1) is 17.1 Å². The van der Waals surface area contributed by atoms with Gasteiger partial charge in [-0.2, -0.15) is 0 Å². The van der Waals surface area contributed by atoms with Gasteiger partial charge in [-0.25, -0.2) is 0 Å². The molecule has 7 heteroatoms. The number of nitrogens with zero attached hydrogens (tertiary/aromatic N) is 1. The predicted octanol–water partition coefficient (Wildman–Crippen LogP) is 3.41. The minimum Gasteiger partial charge on any atom is -0.386 e. The van der Waals surface area contributed by atoms with E-state index in [4.69, 9.17) is 11.6 Å². The molecule has 2 unspecified atom stereocenters. The zero-order valence-corrected chi connectivity index (χ0v) is 13.9. The van der Waals surface area contributed by atoms with Gasteiger partial charge in [-0.15, -0.1) is 0 Å². The van der Waals surface area contributed by atoms with E-state index in [1.807, 2.05) is 0 Å². The second-order valence-electron chi connectivity index (χ2n) is 5.54. The Bertz CT molecular complexity index is 762. The van der Waals surface area contributed by atoms with Crippen molar-refractivity contribution in [3.05, 3.63) is 74.3 Å². The molecule has 2 aromatic rings. The summed E-state index contributed by atoms with van der Waals surface area (Å²) in [5.41, 5.74) is 1.02. The molecular formula is C17H17ClN2O4. The van der Waals surface area contributed by atoms with Gasteiger partial charge in [0.25, 0.3) is 11.6 Å². The van der Waals surface area contributed by atoms with Crippen molar-refractivity contribution >= 4 is 23.2 Å². The highest BCUT2D eigenvalue weighted by Gasteiger charge is 2.24. The van der Waals surface area contributed by atoms with Gasteiger partial charge in [-0.1, -0.05) is 29.8 Å². The number of nitrogens with one attached hydrogen (secondary N) is 1. The number of aliphatic hydroxyl groups excluding tert-OH is 1. The van der Waals surface area contributed by atoms with Crippen molar-refractivity contribution in [2.24, 2.45) is 0 Å². The number of benzene rings is 2. The Morgan fingerprint density at radius 3 is 2.46 bits per heavy atom. The van der Waals surface area contributed by atoms with Gasteiger partial charge in [0.2, 0.25) is 0 Å². The van der Waals surface area contributed by atoms with Crippen molar-refractivity contribution in [2.45, 2.75) is 26.0 Å². The highest BCUT2D eigenvalue weighted by Crippen LogP contribution is 2.22. The molecule has 2 aromatic carbocycles. The van der Waals surface area contributed by atoms with Crippen molar-refractivity contribution in [3.63, 3.8) is 0 Å². The number of carbonyl (C=O) groups is 1. The molecule has 0 saturated carbocycles. The first-order valence-corrected chi connectivity index (χ1v) is 7.67. The molecule has 24 heavy (non-hydrogen) atoms. The van der Waals surface area contributed by atoms with Crippen LogP contribution in [0.25, 0.3) is 0 Å². The van der Waals surface area contributed by atoms with Crippen LogP contribution >= 0.6 is 11.6 Å². The third-order valence-corrected chi connectivity index (χ3v) is 3.89. The zero-order valence-electron chi connectivity index (χ0n) is 13.2. The molecule has 0 radical (unpaired) electrons. The fourth-order valence-corrected chi connectivity index (χ4v) is 2.43. The number of rotatable bonds is 5. The van der Waals surface area contributed by atoms with Crippen LogP contribution in [0.1, 0.15) is 34.5 Å². The van der Waals surface area contributed by atoms with Crippen molar-refractivity contribution in [2.75, 3.05) is 0 Å². The van der Waals surface area contributed by atoms with Gasteiger partial charge >= 0.3 is 0 Å². The molecule has 0 fully saturated rings. The summed E-state index contributed by atoms with van der Waals surface area (Å²) in [4.78, 5) is 22.8. The van der Waals surface area contributed by atoms with Gasteiger partial charge < -0.3 is 10.4 Å². The van der Waals surface area contributed by atoms with E-state index in [0.717, 1.165) is 5.56 Å². The number of hydrogen-bond acceptors (Lipinski definition) is 4. The zero-order chi connectivity index (χ0) is 17.9. The molecule has 0 spiro atoms. The highest BCUT2D eigenvalue weighted by molar-refractivity contribution is 6.30. The van der Waals surface area contributed by atoms with E-state index in [9.17, 15) is 20.0 Å². The predicted molar refractivity (Wildman–Crippen MR) is 91.2 cm³/mol. The number of amides is 1. The Morgan fingerprint density at radius 2 is 1.88 bits per heavy atom. The summed E-state index contributed by atoms with van der Waals surface area (Å²) in [6.45, 7) is 3.37. The number of aryl methyl sites for hydroxylation is 1. The largest absolute Gasteiger partial charge is 0.386 e. The van der Waals surface area contributed by atoms with Crippen molar-refractivity contribution in [1.29, 1.82) is 0 Å². The first-order chi connectivity index (χ1) is 11.3. The average molecular weight is 349 g/mol. The summed E-state index contributed by atoms with van der Waals surface area (Å²) in [5.74, 6) is -0.606. The van der Waals surface area contributed by atoms with Crippen LogP contribution in [0.3, 0.4) is 0 Å². The Hall–Kier alpha value is -2.44. The Morgan fingerprint density at radius 1 is 1.25 bits per heavy atom. The van der Waals surface area contributed by atoms with E-state index in [0.29, 0.717) is 10.6 Å². The summed E-state index contributed by atoms with van der Waals surface area (Å²) in [7, 11) is 0. The molecule has 0 aromatic heterocycles. The molecule has 0 aliphatic rings. The second kappa shape index (κ2) is 7.42. The maximum atomic E-state index is 12.4. The van der Waals surface area contributed by atoms with Crippen molar-refractivity contribution in [3.8, 4) is 0 Å². The lowest BCUT2D eigenvalue weighted by molar-refractivity contribution is -0.385. The molecule has 2 atom stereocenters. The average Bonchev–Trinajstić information content (AvgIpc) is 2.54. The maximum absolute atomic E-state index is 12.4. The van der Waals surface area contributed by atoms with Gasteiger partial charge in [-0.05, 0) is 43.2 Å². The van der Waals surface area contributed by atoms with Gasteiger partial charge in [0.1, 0.15) is 5.56 Å². The van der Waals surface area contributed by atoms with Crippen LogP contribution < -0.4 is 5.32 Å². The standard InChI is InChI=1S/C17H17ClN2O4/c1-10-3-8-15(20(23)24)14(9-10)17(22)19-11(2)16(21)12-4-6-13(18)7-5-12/h3-9,11,16,21H,1-2H3,(H,19,22). The number of carbonyl (C=O) groups excluding carboxylic acids is 1. The summed E-state index contributed by atoms with van der Waals surface area (Å²) >= 11 is 5.81. The summed E-state index contributed by atoms with van der Waals surface area (Å²) in [6.07, 6.45) is -0.963. The van der Waals surface area contributed by atoms with E-state index in [-0.39, 0.29) is 11.3 Å². The number of aliphatic hydroxyl groups is 1. The van der Waals surface area contributed by atoms with Crippen LogP contribution in [0.5, 0.6) is 0 Å². The van der Waals surface area contributed by atoms with E-state index >= 15 is 0 Å². The lowest BCUT2D eigenvalue weighted by atomic mass is 10.0. The first kappa shape index (κ1) is 17.9. The van der Waals surface area contributed by atoms with Crippen LogP contribution in [0, 0.1) is 17.0 Å². The number of hydrogen-bond donors (Lipinski definition) is 2.